The predicted molar refractivity (Wildman–Crippen MR) is 65.2 cm³/mol. The molecule has 0 radical (unpaired) electrons. The lowest BCUT2D eigenvalue weighted by molar-refractivity contribution is -0.123. The fraction of sp³-hybridized carbons (Fsp3) is 0.385. The first-order valence-corrected chi connectivity index (χ1v) is 5.85. The highest BCUT2D eigenvalue weighted by Crippen LogP contribution is 2.45. The second-order valence-corrected chi connectivity index (χ2v) is 4.91. The van der Waals surface area contributed by atoms with Crippen molar-refractivity contribution in [3.05, 3.63) is 23.8 Å². The Bertz CT molecular complexity index is 555. The van der Waals surface area contributed by atoms with E-state index in [1.165, 1.54) is 0 Å². The largest absolute Gasteiger partial charge is 0.497 e. The number of hydrogen-bond donors (Lipinski definition) is 2. The van der Waals surface area contributed by atoms with Crippen LogP contribution >= 0.6 is 0 Å². The fourth-order valence-corrected chi connectivity index (χ4v) is 2.84. The first-order valence-electron chi connectivity index (χ1n) is 5.85. The average Bonchev–Trinajstić information content (AvgIpc) is 2.66. The number of amides is 2. The summed E-state index contributed by atoms with van der Waals surface area (Å²) < 4.78 is 5.20. The van der Waals surface area contributed by atoms with Crippen LogP contribution in [-0.2, 0) is 15.1 Å². The molecule has 0 unspecified atom stereocenters. The molecule has 1 aromatic carbocycles. The zero-order valence-electron chi connectivity index (χ0n) is 10.2. The van der Waals surface area contributed by atoms with Crippen LogP contribution in [0.15, 0.2) is 18.2 Å². The van der Waals surface area contributed by atoms with Gasteiger partial charge in [0.2, 0.25) is 11.8 Å². The first-order chi connectivity index (χ1) is 8.54. The summed E-state index contributed by atoms with van der Waals surface area (Å²) in [7, 11) is 1.59. The van der Waals surface area contributed by atoms with Crippen LogP contribution in [0.3, 0.4) is 0 Å². The number of rotatable bonds is 1. The molecule has 1 fully saturated rings. The van der Waals surface area contributed by atoms with Gasteiger partial charge in [0.1, 0.15) is 5.75 Å². The van der Waals surface area contributed by atoms with Crippen LogP contribution in [-0.4, -0.2) is 18.9 Å². The minimum atomic E-state index is -0.636. The van der Waals surface area contributed by atoms with Crippen molar-refractivity contribution in [2.75, 3.05) is 12.4 Å². The zero-order valence-corrected chi connectivity index (χ0v) is 10.2. The van der Waals surface area contributed by atoms with E-state index in [1.807, 2.05) is 13.0 Å². The lowest BCUT2D eigenvalue weighted by Crippen LogP contribution is -2.48. The van der Waals surface area contributed by atoms with Gasteiger partial charge in [-0.2, -0.15) is 0 Å². The highest BCUT2D eigenvalue weighted by molar-refractivity contribution is 6.02. The third-order valence-electron chi connectivity index (χ3n) is 3.85. The summed E-state index contributed by atoms with van der Waals surface area (Å²) in [4.78, 5) is 23.6. The molecule has 2 atom stereocenters. The molecule has 0 bridgehead atoms. The Morgan fingerprint density at radius 3 is 2.89 bits per heavy atom. The molecule has 5 nitrogen and oxygen atoms in total. The second kappa shape index (κ2) is 3.48. The molecule has 2 aliphatic rings. The molecule has 0 saturated carbocycles. The molecular formula is C13H14N2O3. The van der Waals surface area contributed by atoms with Crippen LogP contribution in [0.4, 0.5) is 5.69 Å². The summed E-state index contributed by atoms with van der Waals surface area (Å²) in [6.45, 7) is 1.89. The highest BCUT2D eigenvalue weighted by Gasteiger charge is 2.51. The van der Waals surface area contributed by atoms with E-state index in [9.17, 15) is 9.59 Å². The third kappa shape index (κ3) is 1.33. The van der Waals surface area contributed by atoms with Crippen LogP contribution < -0.4 is 15.4 Å². The van der Waals surface area contributed by atoms with Gasteiger partial charge in [-0.3, -0.25) is 9.59 Å². The predicted octanol–water partition coefficient (Wildman–Crippen LogP) is 0.999. The summed E-state index contributed by atoms with van der Waals surface area (Å²) in [5.74, 6) is 0.164. The summed E-state index contributed by atoms with van der Waals surface area (Å²) in [6, 6.07) is 5.46. The van der Waals surface area contributed by atoms with Gasteiger partial charge in [-0.25, -0.2) is 0 Å². The number of benzene rings is 1. The van der Waals surface area contributed by atoms with E-state index in [4.69, 9.17) is 4.74 Å². The topological polar surface area (TPSA) is 67.4 Å². The van der Waals surface area contributed by atoms with Crippen molar-refractivity contribution in [1.29, 1.82) is 0 Å². The number of anilines is 1. The minimum absolute atomic E-state index is 0.0895. The van der Waals surface area contributed by atoms with Crippen LogP contribution in [0.25, 0.3) is 0 Å². The Morgan fingerprint density at radius 2 is 2.17 bits per heavy atom. The van der Waals surface area contributed by atoms with Crippen molar-refractivity contribution in [3.8, 4) is 5.75 Å². The van der Waals surface area contributed by atoms with Crippen LogP contribution in [0, 0.1) is 5.92 Å². The maximum absolute atomic E-state index is 12.0. The molecule has 2 aliphatic heterocycles. The third-order valence-corrected chi connectivity index (χ3v) is 3.85. The number of nitrogens with one attached hydrogen (secondary N) is 2. The van der Waals surface area contributed by atoms with Crippen molar-refractivity contribution >= 4 is 17.5 Å². The van der Waals surface area contributed by atoms with Crippen molar-refractivity contribution in [1.82, 2.24) is 5.32 Å². The molecule has 1 saturated heterocycles. The first kappa shape index (κ1) is 11.1. The molecule has 0 aliphatic carbocycles. The lowest BCUT2D eigenvalue weighted by Gasteiger charge is -2.37. The van der Waals surface area contributed by atoms with Crippen molar-refractivity contribution in [2.24, 2.45) is 5.92 Å². The number of carbonyl (C=O) groups excluding carboxylic acids is 2. The maximum Gasteiger partial charge on any atom is 0.230 e. The molecule has 0 spiro atoms. The van der Waals surface area contributed by atoms with Gasteiger partial charge < -0.3 is 15.4 Å². The minimum Gasteiger partial charge on any atom is -0.497 e. The molecule has 2 heterocycles. The Morgan fingerprint density at radius 1 is 1.39 bits per heavy atom. The quantitative estimate of drug-likeness (QED) is 0.776. The smallest absolute Gasteiger partial charge is 0.230 e. The van der Waals surface area contributed by atoms with Crippen molar-refractivity contribution < 1.29 is 14.3 Å². The monoisotopic (exact) mass is 246 g/mol. The van der Waals surface area contributed by atoms with E-state index in [1.54, 1.807) is 19.2 Å². The summed E-state index contributed by atoms with van der Waals surface area (Å²) >= 11 is 0. The summed E-state index contributed by atoms with van der Waals surface area (Å²) in [5.41, 5.74) is 1.00. The molecule has 0 aromatic heterocycles. The number of ether oxygens (including phenoxy) is 1. The highest BCUT2D eigenvalue weighted by atomic mass is 16.5. The van der Waals surface area contributed by atoms with E-state index in [0.29, 0.717) is 5.75 Å². The fourth-order valence-electron chi connectivity index (χ4n) is 2.84. The van der Waals surface area contributed by atoms with E-state index in [-0.39, 0.29) is 24.2 Å². The standard InChI is InChI=1S/C13H14N2O3/c1-13-8-5-7(18-2)3-4-10(8)14-12(17)9(13)6-11(16)15-13/h3-5,9H,6H2,1-2H3,(H,14,17)(H,15,16)/t9-,13+/m0/s1. The number of carbonyl (C=O) groups is 2. The van der Waals surface area contributed by atoms with Gasteiger partial charge in [0, 0.05) is 17.7 Å². The van der Waals surface area contributed by atoms with Gasteiger partial charge in [-0.05, 0) is 25.1 Å². The molecule has 1 aromatic rings. The Hall–Kier alpha value is -2.04. The van der Waals surface area contributed by atoms with Gasteiger partial charge in [-0.1, -0.05) is 0 Å². The number of methoxy groups -OCH3 is 1. The number of hydrogen-bond acceptors (Lipinski definition) is 3. The van der Waals surface area contributed by atoms with Crippen LogP contribution in [0.1, 0.15) is 18.9 Å². The van der Waals surface area contributed by atoms with Gasteiger partial charge in [0.05, 0.1) is 18.6 Å². The molecule has 18 heavy (non-hydrogen) atoms. The average molecular weight is 246 g/mol. The number of fused-ring (bicyclic) bond motifs is 3. The van der Waals surface area contributed by atoms with Gasteiger partial charge in [0.25, 0.3) is 0 Å². The normalized spacial score (nSPS) is 29.1. The summed E-state index contributed by atoms with van der Waals surface area (Å²) in [6.07, 6.45) is 0.235. The van der Waals surface area contributed by atoms with E-state index in [2.05, 4.69) is 10.6 Å². The van der Waals surface area contributed by atoms with Crippen molar-refractivity contribution in [3.63, 3.8) is 0 Å². The van der Waals surface area contributed by atoms with E-state index >= 15 is 0 Å². The lowest BCUT2D eigenvalue weighted by atomic mass is 9.77. The Balaban J connectivity index is 2.18. The molecule has 2 N–H and O–H groups in total. The van der Waals surface area contributed by atoms with Crippen molar-refractivity contribution in [2.45, 2.75) is 18.9 Å². The molecule has 2 amide bonds. The SMILES string of the molecule is COc1ccc2c(c1)[C@@]1(C)NC(=O)C[C@H]1C(=O)N2. The van der Waals surface area contributed by atoms with Crippen LogP contribution in [0.5, 0.6) is 5.75 Å². The van der Waals surface area contributed by atoms with Gasteiger partial charge in [-0.15, -0.1) is 0 Å². The Labute approximate surface area is 105 Å². The molecular weight excluding hydrogens is 232 g/mol. The Kier molecular flexibility index (Phi) is 2.14. The maximum atomic E-state index is 12.0. The van der Waals surface area contributed by atoms with Crippen LogP contribution in [0.2, 0.25) is 0 Å². The van der Waals surface area contributed by atoms with Gasteiger partial charge >= 0.3 is 0 Å². The zero-order chi connectivity index (χ0) is 12.9. The molecule has 5 heteroatoms. The molecule has 3 rings (SSSR count). The summed E-state index contributed by atoms with van der Waals surface area (Å²) in [5, 5.41) is 5.76. The second-order valence-electron chi connectivity index (χ2n) is 4.91. The molecule has 94 valence electrons. The van der Waals surface area contributed by atoms with E-state index < -0.39 is 5.54 Å². The van der Waals surface area contributed by atoms with E-state index in [0.717, 1.165) is 11.3 Å². The van der Waals surface area contributed by atoms with Gasteiger partial charge in [0.15, 0.2) is 0 Å².